The van der Waals surface area contributed by atoms with Crippen LogP contribution in [0, 0.1) is 28.1 Å². The molecule has 11 nitrogen and oxygen atoms in total. The molecule has 6 aliphatic rings. The first-order valence-corrected chi connectivity index (χ1v) is 10.3. The molecule has 12 atom stereocenters. The van der Waals surface area contributed by atoms with Crippen molar-refractivity contribution in [2.24, 2.45) is 28.1 Å². The number of aliphatic hydroxyl groups excluding tert-OH is 3. The fraction of sp³-hybridized carbons (Fsp3) is 0.850. The van der Waals surface area contributed by atoms with Crippen LogP contribution in [0.1, 0.15) is 27.7 Å². The van der Waals surface area contributed by atoms with E-state index in [9.17, 15) is 34.8 Å². The van der Waals surface area contributed by atoms with Crippen LogP contribution in [0.4, 0.5) is 0 Å². The van der Waals surface area contributed by atoms with Crippen molar-refractivity contribution < 1.29 is 53.8 Å². The summed E-state index contributed by atoms with van der Waals surface area (Å²) in [6, 6.07) is 0. The highest BCUT2D eigenvalue weighted by molar-refractivity contribution is 5.94. The summed E-state index contributed by atoms with van der Waals surface area (Å²) >= 11 is 0. The summed E-state index contributed by atoms with van der Waals surface area (Å²) in [6.45, 7) is 6.63. The molecule has 0 aromatic heterocycles. The molecule has 11 heteroatoms. The Balaban J connectivity index is 1.75. The zero-order valence-electron chi connectivity index (χ0n) is 17.3. The molecule has 4 heterocycles. The molecule has 0 radical (unpaired) electrons. The van der Waals surface area contributed by atoms with E-state index in [1.54, 1.807) is 20.8 Å². The van der Waals surface area contributed by atoms with Gasteiger partial charge in [-0.3, -0.25) is 4.79 Å². The molecule has 2 aliphatic carbocycles. The number of hydrogen-bond donors (Lipinski definition) is 4. The Morgan fingerprint density at radius 3 is 2.19 bits per heavy atom. The van der Waals surface area contributed by atoms with Gasteiger partial charge in [0.15, 0.2) is 17.8 Å². The Morgan fingerprint density at radius 1 is 0.935 bits per heavy atom. The Bertz CT molecular complexity index is 957. The van der Waals surface area contributed by atoms with Crippen LogP contribution < -0.4 is 0 Å². The minimum Gasteiger partial charge on any atom is -0.456 e. The zero-order chi connectivity index (χ0) is 22.7. The molecule has 0 amide bonds. The van der Waals surface area contributed by atoms with Gasteiger partial charge in [0.1, 0.15) is 12.2 Å². The minimum absolute atomic E-state index is 0.792. The molecular weight excluding hydrogens is 416 g/mol. The molecule has 4 N–H and O–H groups in total. The summed E-state index contributed by atoms with van der Waals surface area (Å²) in [6.07, 6.45) is -9.69. The molecule has 2 spiro atoms. The van der Waals surface area contributed by atoms with E-state index in [-0.39, 0.29) is 0 Å². The molecule has 170 valence electrons. The summed E-state index contributed by atoms with van der Waals surface area (Å²) in [5, 5.41) is 46.1. The lowest BCUT2D eigenvalue weighted by Crippen LogP contribution is -2.67. The highest BCUT2D eigenvalue weighted by Gasteiger charge is 3.05. The van der Waals surface area contributed by atoms with Crippen molar-refractivity contribution in [1.82, 2.24) is 0 Å². The second-order valence-electron chi connectivity index (χ2n) is 10.8. The second kappa shape index (κ2) is 4.91. The average Bonchev–Trinajstić information content (AvgIpc) is 3.35. The lowest BCUT2D eigenvalue weighted by molar-refractivity contribution is -0.240. The molecule has 6 rings (SSSR count). The van der Waals surface area contributed by atoms with E-state index in [4.69, 9.17) is 18.9 Å². The number of aliphatic hydroxyl groups is 4. The van der Waals surface area contributed by atoms with E-state index in [1.807, 2.05) is 0 Å². The first-order valence-electron chi connectivity index (χ1n) is 10.3. The third kappa shape index (κ3) is 1.43. The number of hydrogen-bond acceptors (Lipinski definition) is 11. The van der Waals surface area contributed by atoms with Gasteiger partial charge >= 0.3 is 17.9 Å². The maximum atomic E-state index is 13.4. The van der Waals surface area contributed by atoms with Crippen molar-refractivity contribution in [3.05, 3.63) is 0 Å². The Kier molecular flexibility index (Phi) is 3.15. The molecule has 31 heavy (non-hydrogen) atoms. The minimum atomic E-state index is -2.40. The highest BCUT2D eigenvalue weighted by Crippen LogP contribution is 2.84. The second-order valence-corrected chi connectivity index (χ2v) is 10.8. The van der Waals surface area contributed by atoms with Crippen molar-refractivity contribution >= 4 is 17.9 Å². The van der Waals surface area contributed by atoms with Crippen LogP contribution in [0.3, 0.4) is 0 Å². The lowest BCUT2D eigenvalue weighted by atomic mass is 9.51. The third-order valence-electron chi connectivity index (χ3n) is 8.95. The monoisotopic (exact) mass is 440 g/mol. The van der Waals surface area contributed by atoms with Gasteiger partial charge in [-0.25, -0.2) is 9.59 Å². The van der Waals surface area contributed by atoms with E-state index >= 15 is 0 Å². The quantitative estimate of drug-likeness (QED) is 0.234. The van der Waals surface area contributed by atoms with E-state index in [0.717, 1.165) is 0 Å². The van der Waals surface area contributed by atoms with Crippen LogP contribution in [0.5, 0.6) is 0 Å². The maximum absolute atomic E-state index is 13.4. The fourth-order valence-electron chi connectivity index (χ4n) is 8.27. The Morgan fingerprint density at radius 2 is 1.58 bits per heavy atom. The number of rotatable bonds is 0. The number of ether oxygens (including phenoxy) is 4. The zero-order valence-corrected chi connectivity index (χ0v) is 17.3. The normalized spacial score (nSPS) is 61.0. The number of carbonyl (C=O) groups excluding carboxylic acids is 3. The molecule has 6 fully saturated rings. The van der Waals surface area contributed by atoms with Crippen LogP contribution in [-0.4, -0.2) is 86.3 Å². The Labute approximate surface area is 176 Å². The SMILES string of the molecule is C[C@@H]1C(=O)O[C@H]2[C@H](O)C34[C@H]5OC(=O)[C@@]3(O[C@@H]3OC(=O)[C@H](O)C34[C@H](C(C)(C)C)[C@H]5O)[C@@]12O. The molecule has 2 unspecified atom stereocenters. The fourth-order valence-corrected chi connectivity index (χ4v) is 8.27. The van der Waals surface area contributed by atoms with Gasteiger partial charge < -0.3 is 39.4 Å². The van der Waals surface area contributed by atoms with Gasteiger partial charge in [-0.15, -0.1) is 0 Å². The predicted octanol–water partition coefficient (Wildman–Crippen LogP) is -2.40. The van der Waals surface area contributed by atoms with Crippen LogP contribution in [0.25, 0.3) is 0 Å². The topological polar surface area (TPSA) is 169 Å². The van der Waals surface area contributed by atoms with Crippen molar-refractivity contribution in [3.8, 4) is 0 Å². The first-order chi connectivity index (χ1) is 14.3. The third-order valence-corrected chi connectivity index (χ3v) is 8.95. The average molecular weight is 440 g/mol. The van der Waals surface area contributed by atoms with E-state index < -0.39 is 94.0 Å². The lowest BCUT2D eigenvalue weighted by Gasteiger charge is -2.47. The summed E-state index contributed by atoms with van der Waals surface area (Å²) < 4.78 is 22.2. The maximum Gasteiger partial charge on any atom is 0.343 e. The highest BCUT2D eigenvalue weighted by atomic mass is 16.8. The standard InChI is InChI=1S/C20H24O11/c1-5-12(24)28-11-8(22)18-10-6(21)7(16(2,3)4)17(18)9(23)13(25)30-15(17)31-20(18,14(26)29-10)19(5,11)27/h5-11,15,21-23,27H,1-4H3/t5-,6-,7+,8+,9+,10+,11+,15+,17?,18?,19-,20+/m1/s1. The largest absolute Gasteiger partial charge is 0.456 e. The van der Waals surface area contributed by atoms with Gasteiger partial charge in [-0.2, -0.15) is 0 Å². The summed E-state index contributed by atoms with van der Waals surface area (Å²) in [5.41, 5.74) is -9.40. The van der Waals surface area contributed by atoms with Gasteiger partial charge in [0.05, 0.1) is 22.9 Å². The van der Waals surface area contributed by atoms with Crippen LogP contribution >= 0.6 is 0 Å². The van der Waals surface area contributed by atoms with Crippen molar-refractivity contribution in [1.29, 1.82) is 0 Å². The molecule has 0 bridgehead atoms. The van der Waals surface area contributed by atoms with E-state index in [1.165, 1.54) is 6.92 Å². The van der Waals surface area contributed by atoms with Crippen molar-refractivity contribution in [3.63, 3.8) is 0 Å². The van der Waals surface area contributed by atoms with Crippen LogP contribution in [-0.2, 0) is 33.3 Å². The van der Waals surface area contributed by atoms with E-state index in [0.29, 0.717) is 0 Å². The smallest absolute Gasteiger partial charge is 0.343 e. The van der Waals surface area contributed by atoms with Crippen molar-refractivity contribution in [2.75, 3.05) is 0 Å². The molecule has 4 aliphatic heterocycles. The Hall–Kier alpha value is -1.79. The molecule has 4 saturated heterocycles. The van der Waals surface area contributed by atoms with Crippen LogP contribution in [0.2, 0.25) is 0 Å². The van der Waals surface area contributed by atoms with Gasteiger partial charge in [0, 0.05) is 5.92 Å². The van der Waals surface area contributed by atoms with Gasteiger partial charge in [-0.1, -0.05) is 20.8 Å². The summed E-state index contributed by atoms with van der Waals surface area (Å²) in [5.74, 6) is -5.22. The van der Waals surface area contributed by atoms with Gasteiger partial charge in [-0.05, 0) is 12.3 Å². The van der Waals surface area contributed by atoms with Crippen LogP contribution in [0.15, 0.2) is 0 Å². The molecule has 0 aromatic rings. The van der Waals surface area contributed by atoms with Gasteiger partial charge in [0.25, 0.3) is 0 Å². The summed E-state index contributed by atoms with van der Waals surface area (Å²) in [4.78, 5) is 38.3. The first kappa shape index (κ1) is 19.9. The summed E-state index contributed by atoms with van der Waals surface area (Å²) in [7, 11) is 0. The number of fused-ring (bicyclic) bond motifs is 1. The van der Waals surface area contributed by atoms with Crippen molar-refractivity contribution in [2.45, 2.75) is 75.7 Å². The molecule has 0 aromatic carbocycles. The molecule has 2 saturated carbocycles. The predicted molar refractivity (Wildman–Crippen MR) is 93.4 cm³/mol. The molecular formula is C20H24O11. The number of esters is 3. The number of carbonyl (C=O) groups is 3. The van der Waals surface area contributed by atoms with Gasteiger partial charge in [0.2, 0.25) is 11.9 Å². The van der Waals surface area contributed by atoms with E-state index in [2.05, 4.69) is 0 Å².